The smallest absolute Gasteiger partial charge is 0.243 e. The Labute approximate surface area is 134 Å². The zero-order valence-corrected chi connectivity index (χ0v) is 13.5. The molecular formula is C18H20F2N2O. The Bertz CT molecular complexity index is 696. The van der Waals surface area contributed by atoms with E-state index in [0.717, 1.165) is 28.9 Å². The molecule has 122 valence electrons. The highest BCUT2D eigenvalue weighted by Crippen LogP contribution is 2.21. The molecule has 0 unspecified atom stereocenters. The van der Waals surface area contributed by atoms with Crippen molar-refractivity contribution in [3.63, 3.8) is 0 Å². The molecule has 0 aromatic heterocycles. The van der Waals surface area contributed by atoms with Crippen LogP contribution in [-0.4, -0.2) is 19.0 Å². The summed E-state index contributed by atoms with van der Waals surface area (Å²) in [6, 6.07) is 9.42. The molecular weight excluding hydrogens is 298 g/mol. The monoisotopic (exact) mass is 318 g/mol. The van der Waals surface area contributed by atoms with Crippen LogP contribution in [0.5, 0.6) is 0 Å². The van der Waals surface area contributed by atoms with E-state index in [1.807, 2.05) is 39.0 Å². The average molecular weight is 318 g/mol. The number of halogens is 2. The molecule has 0 fully saturated rings. The number of amides is 1. The molecule has 2 rings (SSSR count). The van der Waals surface area contributed by atoms with Gasteiger partial charge in [-0.25, -0.2) is 8.78 Å². The van der Waals surface area contributed by atoms with Gasteiger partial charge in [0, 0.05) is 24.0 Å². The molecule has 3 nitrogen and oxygen atoms in total. The summed E-state index contributed by atoms with van der Waals surface area (Å²) in [4.78, 5) is 14.0. The van der Waals surface area contributed by atoms with Crippen LogP contribution in [0.3, 0.4) is 0 Å². The van der Waals surface area contributed by atoms with Crippen molar-refractivity contribution in [3.05, 3.63) is 59.2 Å². The molecule has 0 radical (unpaired) electrons. The van der Waals surface area contributed by atoms with Gasteiger partial charge in [-0.05, 0) is 44.0 Å². The lowest BCUT2D eigenvalue weighted by molar-refractivity contribution is -0.115. The third-order valence-corrected chi connectivity index (χ3v) is 3.73. The highest BCUT2D eigenvalue weighted by molar-refractivity contribution is 5.95. The summed E-state index contributed by atoms with van der Waals surface area (Å²) >= 11 is 0. The SMILES string of the molecule is CCN(CC(=O)Nc1c(C)cccc1C)c1ccc(F)c(F)c1. The van der Waals surface area contributed by atoms with E-state index in [-0.39, 0.29) is 12.5 Å². The molecule has 0 saturated carbocycles. The Morgan fingerprint density at radius 3 is 2.30 bits per heavy atom. The third-order valence-electron chi connectivity index (χ3n) is 3.73. The van der Waals surface area contributed by atoms with Crippen molar-refractivity contribution in [2.75, 3.05) is 23.3 Å². The summed E-state index contributed by atoms with van der Waals surface area (Å²) in [5.41, 5.74) is 3.23. The molecule has 0 aliphatic heterocycles. The van der Waals surface area contributed by atoms with Crippen LogP contribution in [0.15, 0.2) is 36.4 Å². The lowest BCUT2D eigenvalue weighted by Gasteiger charge is -2.23. The summed E-state index contributed by atoms with van der Waals surface area (Å²) in [7, 11) is 0. The number of likely N-dealkylation sites (N-methyl/N-ethyl adjacent to an activating group) is 1. The molecule has 0 bridgehead atoms. The van der Waals surface area contributed by atoms with E-state index in [4.69, 9.17) is 0 Å². The second kappa shape index (κ2) is 7.22. The minimum atomic E-state index is -0.920. The van der Waals surface area contributed by atoms with Gasteiger partial charge in [-0.2, -0.15) is 0 Å². The number of para-hydroxylation sites is 1. The van der Waals surface area contributed by atoms with E-state index in [1.54, 1.807) is 4.90 Å². The molecule has 0 atom stereocenters. The number of nitrogens with zero attached hydrogens (tertiary/aromatic N) is 1. The van der Waals surface area contributed by atoms with Crippen molar-refractivity contribution in [1.82, 2.24) is 0 Å². The molecule has 0 aliphatic rings. The van der Waals surface area contributed by atoms with E-state index in [2.05, 4.69) is 5.32 Å². The highest BCUT2D eigenvalue weighted by Gasteiger charge is 2.14. The second-order valence-electron chi connectivity index (χ2n) is 5.43. The summed E-state index contributed by atoms with van der Waals surface area (Å²) in [5.74, 6) is -2.02. The van der Waals surface area contributed by atoms with Gasteiger partial charge in [0.15, 0.2) is 11.6 Å². The topological polar surface area (TPSA) is 32.3 Å². The average Bonchev–Trinajstić information content (AvgIpc) is 2.51. The predicted molar refractivity (Wildman–Crippen MR) is 88.8 cm³/mol. The van der Waals surface area contributed by atoms with Gasteiger partial charge < -0.3 is 10.2 Å². The van der Waals surface area contributed by atoms with Gasteiger partial charge >= 0.3 is 0 Å². The van der Waals surface area contributed by atoms with Crippen molar-refractivity contribution < 1.29 is 13.6 Å². The maximum absolute atomic E-state index is 13.4. The van der Waals surface area contributed by atoms with Crippen LogP contribution in [0.4, 0.5) is 20.2 Å². The molecule has 1 N–H and O–H groups in total. The maximum atomic E-state index is 13.4. The van der Waals surface area contributed by atoms with Gasteiger partial charge in [-0.15, -0.1) is 0 Å². The first-order valence-electron chi connectivity index (χ1n) is 7.48. The normalized spacial score (nSPS) is 10.5. The number of aryl methyl sites for hydroxylation is 2. The molecule has 2 aromatic carbocycles. The summed E-state index contributed by atoms with van der Waals surface area (Å²) < 4.78 is 26.4. The first-order chi connectivity index (χ1) is 10.9. The van der Waals surface area contributed by atoms with E-state index in [0.29, 0.717) is 12.2 Å². The number of nitrogens with one attached hydrogen (secondary N) is 1. The lowest BCUT2D eigenvalue weighted by atomic mass is 10.1. The molecule has 5 heteroatoms. The van der Waals surface area contributed by atoms with Crippen LogP contribution in [0.25, 0.3) is 0 Å². The summed E-state index contributed by atoms with van der Waals surface area (Å²) in [6.45, 7) is 6.28. The molecule has 2 aromatic rings. The fraction of sp³-hybridized carbons (Fsp3) is 0.278. The van der Waals surface area contributed by atoms with Gasteiger partial charge in [0.2, 0.25) is 5.91 Å². The minimum Gasteiger partial charge on any atom is -0.362 e. The van der Waals surface area contributed by atoms with E-state index in [1.165, 1.54) is 6.07 Å². The molecule has 23 heavy (non-hydrogen) atoms. The van der Waals surface area contributed by atoms with Crippen LogP contribution in [-0.2, 0) is 4.79 Å². The zero-order valence-electron chi connectivity index (χ0n) is 13.5. The Balaban J connectivity index is 2.12. The number of benzene rings is 2. The van der Waals surface area contributed by atoms with Gasteiger partial charge in [0.25, 0.3) is 0 Å². The number of hydrogen-bond acceptors (Lipinski definition) is 2. The molecule has 1 amide bonds. The Hall–Kier alpha value is -2.43. The predicted octanol–water partition coefficient (Wildman–Crippen LogP) is 4.05. The highest BCUT2D eigenvalue weighted by atomic mass is 19.2. The third kappa shape index (κ3) is 4.06. The molecule has 0 saturated heterocycles. The van der Waals surface area contributed by atoms with Crippen molar-refractivity contribution >= 4 is 17.3 Å². The van der Waals surface area contributed by atoms with E-state index < -0.39 is 11.6 Å². The van der Waals surface area contributed by atoms with Crippen LogP contribution >= 0.6 is 0 Å². The number of carbonyl (C=O) groups excluding carboxylic acids is 1. The van der Waals surface area contributed by atoms with Crippen molar-refractivity contribution in [3.8, 4) is 0 Å². The standard InChI is InChI=1S/C18H20F2N2O/c1-4-22(14-8-9-15(19)16(20)10-14)11-17(23)21-18-12(2)6-5-7-13(18)3/h5-10H,4,11H2,1-3H3,(H,21,23). The Morgan fingerprint density at radius 2 is 1.74 bits per heavy atom. The molecule has 0 spiro atoms. The van der Waals surface area contributed by atoms with Crippen molar-refractivity contribution in [2.24, 2.45) is 0 Å². The number of carbonyl (C=O) groups is 1. The summed E-state index contributed by atoms with van der Waals surface area (Å²) in [5, 5.41) is 2.89. The first kappa shape index (κ1) is 16.9. The largest absolute Gasteiger partial charge is 0.362 e. The first-order valence-corrected chi connectivity index (χ1v) is 7.48. The molecule has 0 aliphatic carbocycles. The van der Waals surface area contributed by atoms with Crippen LogP contribution in [0.1, 0.15) is 18.1 Å². The number of hydrogen-bond donors (Lipinski definition) is 1. The van der Waals surface area contributed by atoms with E-state index >= 15 is 0 Å². The van der Waals surface area contributed by atoms with Crippen LogP contribution in [0, 0.1) is 25.5 Å². The van der Waals surface area contributed by atoms with Crippen molar-refractivity contribution in [2.45, 2.75) is 20.8 Å². The Kier molecular flexibility index (Phi) is 5.32. The fourth-order valence-corrected chi connectivity index (χ4v) is 2.43. The number of anilines is 2. The van der Waals surface area contributed by atoms with Crippen molar-refractivity contribution in [1.29, 1.82) is 0 Å². The minimum absolute atomic E-state index is 0.0648. The van der Waals surface area contributed by atoms with Crippen LogP contribution < -0.4 is 10.2 Å². The summed E-state index contributed by atoms with van der Waals surface area (Å²) in [6.07, 6.45) is 0. The second-order valence-corrected chi connectivity index (χ2v) is 5.43. The van der Waals surface area contributed by atoms with Gasteiger partial charge in [0.05, 0.1) is 6.54 Å². The fourth-order valence-electron chi connectivity index (χ4n) is 2.43. The van der Waals surface area contributed by atoms with Gasteiger partial charge in [-0.1, -0.05) is 18.2 Å². The maximum Gasteiger partial charge on any atom is 0.243 e. The van der Waals surface area contributed by atoms with Gasteiger partial charge in [-0.3, -0.25) is 4.79 Å². The molecule has 0 heterocycles. The van der Waals surface area contributed by atoms with E-state index in [9.17, 15) is 13.6 Å². The quantitative estimate of drug-likeness (QED) is 0.902. The Morgan fingerprint density at radius 1 is 1.09 bits per heavy atom. The van der Waals surface area contributed by atoms with Crippen LogP contribution in [0.2, 0.25) is 0 Å². The number of rotatable bonds is 5. The van der Waals surface area contributed by atoms with Gasteiger partial charge in [0.1, 0.15) is 0 Å². The zero-order chi connectivity index (χ0) is 17.0. The lowest BCUT2D eigenvalue weighted by Crippen LogP contribution is -2.33.